The zero-order chi connectivity index (χ0) is 14.5. The number of rotatable bonds is 7. The molecule has 0 spiro atoms. The van der Waals surface area contributed by atoms with Gasteiger partial charge in [0.1, 0.15) is 22.2 Å². The van der Waals surface area contributed by atoms with Crippen LogP contribution in [0.1, 0.15) is 13.8 Å². The summed E-state index contributed by atoms with van der Waals surface area (Å²) < 4.78 is 27.9. The molecule has 0 aromatic heterocycles. The standard InChI is InChI=1S/C14H21NO3S/c1-11(2)9-18-14-7-5-6-13(8-14)15-12(3)10-19(4,16)17/h5-8,12,15H,1,9-10H2,2-4H3/t12-/m0/s1. The van der Waals surface area contributed by atoms with Crippen molar-refractivity contribution in [1.29, 1.82) is 0 Å². The predicted octanol–water partition coefficient (Wildman–Crippen LogP) is 2.49. The highest BCUT2D eigenvalue weighted by Crippen LogP contribution is 2.18. The molecule has 0 aliphatic heterocycles. The third kappa shape index (κ3) is 6.86. The van der Waals surface area contributed by atoms with Crippen LogP contribution in [0.2, 0.25) is 0 Å². The molecule has 0 saturated heterocycles. The van der Waals surface area contributed by atoms with Gasteiger partial charge in [-0.1, -0.05) is 12.6 Å². The van der Waals surface area contributed by atoms with E-state index in [1.54, 1.807) is 0 Å². The molecular formula is C14H21NO3S. The van der Waals surface area contributed by atoms with E-state index >= 15 is 0 Å². The molecule has 0 heterocycles. The third-order valence-corrected chi connectivity index (χ3v) is 3.39. The van der Waals surface area contributed by atoms with Gasteiger partial charge in [0, 0.05) is 24.1 Å². The largest absolute Gasteiger partial charge is 0.489 e. The average molecular weight is 283 g/mol. The number of benzene rings is 1. The molecule has 0 radical (unpaired) electrons. The Morgan fingerprint density at radius 1 is 1.47 bits per heavy atom. The minimum atomic E-state index is -2.98. The van der Waals surface area contributed by atoms with Crippen LogP contribution < -0.4 is 10.1 Å². The van der Waals surface area contributed by atoms with Gasteiger partial charge in [-0.25, -0.2) is 8.42 Å². The van der Waals surface area contributed by atoms with Crippen LogP contribution in [0.4, 0.5) is 5.69 Å². The van der Waals surface area contributed by atoms with Crippen LogP contribution in [-0.4, -0.2) is 33.1 Å². The van der Waals surface area contributed by atoms with Gasteiger partial charge in [-0.05, 0) is 31.6 Å². The van der Waals surface area contributed by atoms with E-state index in [1.807, 2.05) is 38.1 Å². The number of anilines is 1. The Labute approximate surface area is 115 Å². The summed E-state index contributed by atoms with van der Waals surface area (Å²) in [5.74, 6) is 0.837. The van der Waals surface area contributed by atoms with Crippen molar-refractivity contribution in [2.75, 3.05) is 23.9 Å². The molecule has 1 rings (SSSR count). The molecule has 0 saturated carbocycles. The van der Waals surface area contributed by atoms with E-state index in [0.717, 1.165) is 17.0 Å². The number of hydrogen-bond acceptors (Lipinski definition) is 4. The smallest absolute Gasteiger partial charge is 0.149 e. The van der Waals surface area contributed by atoms with Crippen molar-refractivity contribution in [1.82, 2.24) is 0 Å². The molecule has 106 valence electrons. The summed E-state index contributed by atoms with van der Waals surface area (Å²) in [4.78, 5) is 0. The minimum Gasteiger partial charge on any atom is -0.489 e. The predicted molar refractivity (Wildman–Crippen MR) is 79.5 cm³/mol. The van der Waals surface area contributed by atoms with E-state index in [2.05, 4.69) is 11.9 Å². The van der Waals surface area contributed by atoms with Crippen molar-refractivity contribution in [3.63, 3.8) is 0 Å². The fourth-order valence-electron chi connectivity index (χ4n) is 1.66. The van der Waals surface area contributed by atoms with E-state index in [9.17, 15) is 8.42 Å². The molecule has 0 bridgehead atoms. The first-order valence-corrected chi connectivity index (χ1v) is 8.14. The molecular weight excluding hydrogens is 262 g/mol. The van der Waals surface area contributed by atoms with Crippen LogP contribution in [0.15, 0.2) is 36.4 Å². The fourth-order valence-corrected chi connectivity index (χ4v) is 2.65. The average Bonchev–Trinajstić information content (AvgIpc) is 2.24. The molecule has 1 atom stereocenters. The van der Waals surface area contributed by atoms with Crippen LogP contribution in [-0.2, 0) is 9.84 Å². The zero-order valence-corrected chi connectivity index (χ0v) is 12.5. The van der Waals surface area contributed by atoms with Gasteiger partial charge in [0.15, 0.2) is 0 Å². The van der Waals surface area contributed by atoms with Gasteiger partial charge in [-0.15, -0.1) is 0 Å². The molecule has 1 aromatic carbocycles. The van der Waals surface area contributed by atoms with Crippen LogP contribution in [0.25, 0.3) is 0 Å². The van der Waals surface area contributed by atoms with Gasteiger partial charge in [0.25, 0.3) is 0 Å². The summed E-state index contributed by atoms with van der Waals surface area (Å²) in [6.45, 7) is 7.98. The van der Waals surface area contributed by atoms with Crippen LogP contribution >= 0.6 is 0 Å². The topological polar surface area (TPSA) is 55.4 Å². The van der Waals surface area contributed by atoms with Crippen LogP contribution in [0.5, 0.6) is 5.75 Å². The lowest BCUT2D eigenvalue weighted by molar-refractivity contribution is 0.353. The summed E-state index contributed by atoms with van der Waals surface area (Å²) in [7, 11) is -2.98. The second-order valence-electron chi connectivity index (χ2n) is 4.91. The molecule has 1 N–H and O–H groups in total. The highest BCUT2D eigenvalue weighted by atomic mass is 32.2. The van der Waals surface area contributed by atoms with Crippen molar-refractivity contribution >= 4 is 15.5 Å². The van der Waals surface area contributed by atoms with Crippen LogP contribution in [0, 0.1) is 0 Å². The van der Waals surface area contributed by atoms with Gasteiger partial charge in [0.2, 0.25) is 0 Å². The molecule has 1 aromatic rings. The van der Waals surface area contributed by atoms with Crippen molar-refractivity contribution in [3.05, 3.63) is 36.4 Å². The zero-order valence-electron chi connectivity index (χ0n) is 11.6. The fraction of sp³-hybridized carbons (Fsp3) is 0.429. The molecule has 19 heavy (non-hydrogen) atoms. The van der Waals surface area contributed by atoms with Gasteiger partial charge in [-0.2, -0.15) is 0 Å². The second kappa shape index (κ2) is 6.61. The number of nitrogens with one attached hydrogen (secondary N) is 1. The van der Waals surface area contributed by atoms with E-state index in [0.29, 0.717) is 6.61 Å². The third-order valence-electron chi connectivity index (χ3n) is 2.29. The monoisotopic (exact) mass is 283 g/mol. The maximum atomic E-state index is 11.2. The summed E-state index contributed by atoms with van der Waals surface area (Å²) in [6, 6.07) is 7.30. The Kier molecular flexibility index (Phi) is 5.42. The van der Waals surface area contributed by atoms with Gasteiger partial charge in [-0.3, -0.25) is 0 Å². The van der Waals surface area contributed by atoms with Crippen molar-refractivity contribution in [2.24, 2.45) is 0 Å². The number of hydrogen-bond donors (Lipinski definition) is 1. The first-order valence-electron chi connectivity index (χ1n) is 6.08. The first kappa shape index (κ1) is 15.6. The Bertz CT molecular complexity index is 537. The highest BCUT2D eigenvalue weighted by molar-refractivity contribution is 7.90. The van der Waals surface area contributed by atoms with Gasteiger partial charge >= 0.3 is 0 Å². The summed E-state index contributed by atoms with van der Waals surface area (Å²) in [6.07, 6.45) is 1.23. The molecule has 0 unspecified atom stereocenters. The summed E-state index contributed by atoms with van der Waals surface area (Å²) in [5, 5.41) is 3.14. The lowest BCUT2D eigenvalue weighted by Crippen LogP contribution is -2.24. The SMILES string of the molecule is C=C(C)COc1cccc(N[C@@H](C)CS(C)(=O)=O)c1. The molecule has 0 aliphatic carbocycles. The minimum absolute atomic E-state index is 0.101. The highest BCUT2D eigenvalue weighted by Gasteiger charge is 2.10. The van der Waals surface area contributed by atoms with Crippen molar-refractivity contribution < 1.29 is 13.2 Å². The molecule has 4 nitrogen and oxygen atoms in total. The number of ether oxygens (including phenoxy) is 1. The molecule has 0 aliphatic rings. The maximum Gasteiger partial charge on any atom is 0.149 e. The number of sulfone groups is 1. The Morgan fingerprint density at radius 2 is 2.16 bits per heavy atom. The van der Waals surface area contributed by atoms with E-state index < -0.39 is 9.84 Å². The maximum absolute atomic E-state index is 11.2. The lowest BCUT2D eigenvalue weighted by atomic mass is 10.2. The Morgan fingerprint density at radius 3 is 2.74 bits per heavy atom. The van der Waals surface area contributed by atoms with Crippen molar-refractivity contribution in [2.45, 2.75) is 19.9 Å². The molecule has 5 heteroatoms. The summed E-state index contributed by atoms with van der Waals surface area (Å²) >= 11 is 0. The van der Waals surface area contributed by atoms with Gasteiger partial charge < -0.3 is 10.1 Å². The van der Waals surface area contributed by atoms with E-state index in [1.165, 1.54) is 6.26 Å². The lowest BCUT2D eigenvalue weighted by Gasteiger charge is -2.15. The second-order valence-corrected chi connectivity index (χ2v) is 7.10. The first-order chi connectivity index (χ1) is 8.76. The molecule has 0 amide bonds. The Balaban J connectivity index is 2.63. The van der Waals surface area contributed by atoms with Gasteiger partial charge in [0.05, 0.1) is 5.75 Å². The Hall–Kier alpha value is -1.49. The molecule has 0 fully saturated rings. The van der Waals surface area contributed by atoms with E-state index in [-0.39, 0.29) is 11.8 Å². The normalized spacial score (nSPS) is 12.8. The van der Waals surface area contributed by atoms with E-state index in [4.69, 9.17) is 4.74 Å². The van der Waals surface area contributed by atoms with Crippen LogP contribution in [0.3, 0.4) is 0 Å². The summed E-state index contributed by atoms with van der Waals surface area (Å²) in [5.41, 5.74) is 1.79. The quantitative estimate of drug-likeness (QED) is 0.781. The van der Waals surface area contributed by atoms with Crippen molar-refractivity contribution in [3.8, 4) is 5.75 Å².